The van der Waals surface area contributed by atoms with Crippen LogP contribution in [0.25, 0.3) is 0 Å². The summed E-state index contributed by atoms with van der Waals surface area (Å²) in [6, 6.07) is 16.1. The van der Waals surface area contributed by atoms with Crippen molar-refractivity contribution in [2.75, 3.05) is 19.5 Å². The number of nitrogens with one attached hydrogen (secondary N) is 2. The first kappa shape index (κ1) is 19.9. The Morgan fingerprint density at radius 2 is 1.62 bits per heavy atom. The van der Waals surface area contributed by atoms with Crippen LogP contribution in [0.3, 0.4) is 0 Å². The molecule has 0 saturated carbocycles. The standard InChI is InChI=1S/C22H21N3O4/c1-28-18-8-9-19(20(11-18)29-2)25-22(27)17-10-16(13-23-14-17)21(26)24-12-15-6-4-3-5-7-15/h3-11,13-14H,12H2,1-2H3,(H,24,26)(H,25,27). The van der Waals surface area contributed by atoms with Gasteiger partial charge in [0.2, 0.25) is 0 Å². The van der Waals surface area contributed by atoms with Crippen molar-refractivity contribution in [3.8, 4) is 11.5 Å². The summed E-state index contributed by atoms with van der Waals surface area (Å²) in [4.78, 5) is 29.0. The number of benzene rings is 2. The van der Waals surface area contributed by atoms with Gasteiger partial charge in [-0.15, -0.1) is 0 Å². The molecule has 148 valence electrons. The van der Waals surface area contributed by atoms with E-state index in [2.05, 4.69) is 15.6 Å². The summed E-state index contributed by atoms with van der Waals surface area (Å²) in [7, 11) is 3.05. The third kappa shape index (κ3) is 5.10. The van der Waals surface area contributed by atoms with Gasteiger partial charge in [0.1, 0.15) is 11.5 Å². The Bertz CT molecular complexity index is 1010. The van der Waals surface area contributed by atoms with Crippen LogP contribution in [0.4, 0.5) is 5.69 Å². The van der Waals surface area contributed by atoms with Crippen LogP contribution < -0.4 is 20.1 Å². The molecule has 29 heavy (non-hydrogen) atoms. The maximum atomic E-state index is 12.6. The molecule has 2 amide bonds. The maximum Gasteiger partial charge on any atom is 0.257 e. The van der Waals surface area contributed by atoms with E-state index in [1.54, 1.807) is 25.3 Å². The molecule has 7 heteroatoms. The number of nitrogens with zero attached hydrogens (tertiary/aromatic N) is 1. The van der Waals surface area contributed by atoms with Crippen LogP contribution in [0.5, 0.6) is 11.5 Å². The van der Waals surface area contributed by atoms with E-state index in [1.165, 1.54) is 25.6 Å². The number of anilines is 1. The Kier molecular flexibility index (Phi) is 6.42. The average Bonchev–Trinajstić information content (AvgIpc) is 2.78. The van der Waals surface area contributed by atoms with E-state index in [4.69, 9.17) is 9.47 Å². The first-order valence-electron chi connectivity index (χ1n) is 8.91. The summed E-state index contributed by atoms with van der Waals surface area (Å²) in [5.74, 6) is 0.359. The maximum absolute atomic E-state index is 12.6. The van der Waals surface area contributed by atoms with Gasteiger partial charge in [0.05, 0.1) is 31.0 Å². The van der Waals surface area contributed by atoms with Crippen molar-refractivity contribution < 1.29 is 19.1 Å². The van der Waals surface area contributed by atoms with E-state index in [9.17, 15) is 9.59 Å². The molecular weight excluding hydrogens is 370 g/mol. The first-order chi connectivity index (χ1) is 14.1. The SMILES string of the molecule is COc1ccc(NC(=O)c2cncc(C(=O)NCc3ccccc3)c2)c(OC)c1. The second kappa shape index (κ2) is 9.36. The summed E-state index contributed by atoms with van der Waals surface area (Å²) in [5, 5.41) is 5.58. The minimum atomic E-state index is -0.404. The van der Waals surface area contributed by atoms with Crippen molar-refractivity contribution in [3.63, 3.8) is 0 Å². The molecule has 0 saturated heterocycles. The zero-order valence-electron chi connectivity index (χ0n) is 16.1. The molecule has 0 spiro atoms. The molecule has 7 nitrogen and oxygen atoms in total. The number of pyridine rings is 1. The second-order valence-electron chi connectivity index (χ2n) is 6.15. The number of hydrogen-bond donors (Lipinski definition) is 2. The van der Waals surface area contributed by atoms with E-state index in [1.807, 2.05) is 30.3 Å². The molecule has 0 radical (unpaired) electrons. The van der Waals surface area contributed by atoms with E-state index in [-0.39, 0.29) is 11.5 Å². The van der Waals surface area contributed by atoms with Crippen molar-refractivity contribution >= 4 is 17.5 Å². The lowest BCUT2D eigenvalue weighted by Crippen LogP contribution is -2.23. The Morgan fingerprint density at radius 3 is 2.31 bits per heavy atom. The highest BCUT2D eigenvalue weighted by molar-refractivity contribution is 6.06. The summed E-state index contributed by atoms with van der Waals surface area (Å²) in [6.45, 7) is 0.388. The van der Waals surface area contributed by atoms with Gasteiger partial charge in [0.25, 0.3) is 11.8 Å². The molecule has 0 fully saturated rings. The number of aromatic nitrogens is 1. The molecule has 1 aromatic heterocycles. The lowest BCUT2D eigenvalue weighted by molar-refractivity contribution is 0.0950. The second-order valence-corrected chi connectivity index (χ2v) is 6.15. The Labute approximate surface area is 168 Å². The number of carbonyl (C=O) groups is 2. The van der Waals surface area contributed by atoms with Gasteiger partial charge in [-0.1, -0.05) is 30.3 Å². The van der Waals surface area contributed by atoms with Crippen LogP contribution in [0.2, 0.25) is 0 Å². The van der Waals surface area contributed by atoms with Crippen LogP contribution in [0, 0.1) is 0 Å². The van der Waals surface area contributed by atoms with Gasteiger partial charge in [0.15, 0.2) is 0 Å². The fourth-order valence-corrected chi connectivity index (χ4v) is 2.66. The zero-order valence-corrected chi connectivity index (χ0v) is 16.1. The number of amides is 2. The van der Waals surface area contributed by atoms with Crippen molar-refractivity contribution in [1.29, 1.82) is 0 Å². The monoisotopic (exact) mass is 391 g/mol. The quantitative estimate of drug-likeness (QED) is 0.645. The summed E-state index contributed by atoms with van der Waals surface area (Å²) in [5.41, 5.74) is 2.03. The third-order valence-corrected chi connectivity index (χ3v) is 4.22. The van der Waals surface area contributed by atoms with Crippen LogP contribution in [0.15, 0.2) is 67.0 Å². The number of carbonyl (C=O) groups excluding carboxylic acids is 2. The minimum Gasteiger partial charge on any atom is -0.497 e. The van der Waals surface area contributed by atoms with Gasteiger partial charge in [-0.2, -0.15) is 0 Å². The Morgan fingerprint density at radius 1 is 0.897 bits per heavy atom. The molecule has 0 bridgehead atoms. The lowest BCUT2D eigenvalue weighted by Gasteiger charge is -2.12. The average molecular weight is 391 g/mol. The normalized spacial score (nSPS) is 10.1. The molecule has 0 unspecified atom stereocenters. The van der Waals surface area contributed by atoms with Crippen LogP contribution >= 0.6 is 0 Å². The largest absolute Gasteiger partial charge is 0.497 e. The van der Waals surface area contributed by atoms with Crippen molar-refractivity contribution in [1.82, 2.24) is 10.3 Å². The van der Waals surface area contributed by atoms with Gasteiger partial charge in [-0.25, -0.2) is 0 Å². The topological polar surface area (TPSA) is 89.5 Å². The first-order valence-corrected chi connectivity index (χ1v) is 8.91. The Hall–Kier alpha value is -3.87. The molecular formula is C22H21N3O4. The summed E-state index contributed by atoms with van der Waals surface area (Å²) in [6.07, 6.45) is 2.82. The van der Waals surface area contributed by atoms with E-state index in [0.29, 0.717) is 29.3 Å². The molecule has 1 heterocycles. The predicted octanol–water partition coefficient (Wildman–Crippen LogP) is 3.28. The number of hydrogen-bond acceptors (Lipinski definition) is 5. The predicted molar refractivity (Wildman–Crippen MR) is 109 cm³/mol. The number of rotatable bonds is 7. The fraction of sp³-hybridized carbons (Fsp3) is 0.136. The summed E-state index contributed by atoms with van der Waals surface area (Å²) >= 11 is 0. The smallest absolute Gasteiger partial charge is 0.257 e. The van der Waals surface area contributed by atoms with Crippen LogP contribution in [-0.4, -0.2) is 31.0 Å². The van der Waals surface area contributed by atoms with Crippen molar-refractivity contribution in [2.24, 2.45) is 0 Å². The van der Waals surface area contributed by atoms with Crippen molar-refractivity contribution in [2.45, 2.75) is 6.54 Å². The molecule has 2 N–H and O–H groups in total. The van der Waals surface area contributed by atoms with Gasteiger partial charge in [-0.05, 0) is 23.8 Å². The van der Waals surface area contributed by atoms with Gasteiger partial charge in [0, 0.05) is 25.0 Å². The summed E-state index contributed by atoms with van der Waals surface area (Å²) < 4.78 is 10.4. The highest BCUT2D eigenvalue weighted by atomic mass is 16.5. The number of methoxy groups -OCH3 is 2. The zero-order chi connectivity index (χ0) is 20.6. The lowest BCUT2D eigenvalue weighted by atomic mass is 10.1. The number of ether oxygens (including phenoxy) is 2. The Balaban J connectivity index is 1.70. The van der Waals surface area contributed by atoms with E-state index < -0.39 is 5.91 Å². The van der Waals surface area contributed by atoms with Crippen LogP contribution in [0.1, 0.15) is 26.3 Å². The molecule has 0 aliphatic rings. The van der Waals surface area contributed by atoms with Crippen molar-refractivity contribution in [3.05, 3.63) is 83.7 Å². The molecule has 2 aromatic carbocycles. The molecule has 3 rings (SSSR count). The molecule has 3 aromatic rings. The fourth-order valence-electron chi connectivity index (χ4n) is 2.66. The minimum absolute atomic E-state index is 0.259. The van der Waals surface area contributed by atoms with E-state index >= 15 is 0 Å². The molecule has 0 atom stereocenters. The highest BCUT2D eigenvalue weighted by Crippen LogP contribution is 2.29. The third-order valence-electron chi connectivity index (χ3n) is 4.22. The molecule has 0 aliphatic carbocycles. The highest BCUT2D eigenvalue weighted by Gasteiger charge is 2.14. The van der Waals surface area contributed by atoms with Gasteiger partial charge < -0.3 is 20.1 Å². The van der Waals surface area contributed by atoms with Gasteiger partial charge in [-0.3, -0.25) is 14.6 Å². The van der Waals surface area contributed by atoms with E-state index in [0.717, 1.165) is 5.56 Å². The molecule has 0 aliphatic heterocycles. The van der Waals surface area contributed by atoms with Gasteiger partial charge >= 0.3 is 0 Å². The van der Waals surface area contributed by atoms with Crippen LogP contribution in [-0.2, 0) is 6.54 Å².